The van der Waals surface area contributed by atoms with Gasteiger partial charge in [-0.15, -0.1) is 0 Å². The van der Waals surface area contributed by atoms with Crippen LogP contribution in [0.1, 0.15) is 12.8 Å². The summed E-state index contributed by atoms with van der Waals surface area (Å²) in [5, 5.41) is 3.07. The molecular weight excluding hydrogens is 178 g/mol. The molecule has 1 heterocycles. The first-order valence-corrected chi connectivity index (χ1v) is 4.39. The van der Waals surface area contributed by atoms with Crippen molar-refractivity contribution >= 4 is 5.91 Å². The molecule has 76 valence electrons. The maximum absolute atomic E-state index is 12.0. The van der Waals surface area contributed by atoms with Crippen LogP contribution in [0.5, 0.6) is 0 Å². The lowest BCUT2D eigenvalue weighted by molar-refractivity contribution is -0.143. The van der Waals surface area contributed by atoms with E-state index in [4.69, 9.17) is 0 Å². The zero-order valence-corrected chi connectivity index (χ0v) is 7.59. The van der Waals surface area contributed by atoms with E-state index in [0.29, 0.717) is 19.1 Å². The number of rotatable bonds is 2. The van der Waals surface area contributed by atoms with E-state index in [2.05, 4.69) is 5.32 Å². The summed E-state index contributed by atoms with van der Waals surface area (Å²) in [5.74, 6) is -1.03. The predicted octanol–water partition coefficient (Wildman–Crippen LogP) is 0.462. The molecule has 1 rings (SSSR count). The number of likely N-dealkylation sites (tertiary alicyclic amines) is 1. The van der Waals surface area contributed by atoms with Crippen molar-refractivity contribution in [2.75, 3.05) is 20.1 Å². The van der Waals surface area contributed by atoms with E-state index >= 15 is 0 Å². The molecule has 0 unspecified atom stereocenters. The number of nitrogens with one attached hydrogen (secondary N) is 1. The molecule has 0 aromatic rings. The SMILES string of the molecule is CNC1CCN(C(=O)C(F)F)CC1. The Balaban J connectivity index is 2.36. The summed E-state index contributed by atoms with van der Waals surface area (Å²) in [6.45, 7) is 0.878. The van der Waals surface area contributed by atoms with E-state index in [0.717, 1.165) is 12.8 Å². The fourth-order valence-electron chi connectivity index (χ4n) is 1.53. The Hall–Kier alpha value is -0.710. The number of nitrogens with zero attached hydrogens (tertiary/aromatic N) is 1. The number of carbonyl (C=O) groups excluding carboxylic acids is 1. The Bertz CT molecular complexity index is 179. The van der Waals surface area contributed by atoms with E-state index in [9.17, 15) is 13.6 Å². The van der Waals surface area contributed by atoms with Crippen molar-refractivity contribution in [1.82, 2.24) is 10.2 Å². The Kier molecular flexibility index (Phi) is 3.59. The normalized spacial score (nSPS) is 19.5. The minimum absolute atomic E-state index is 0.363. The van der Waals surface area contributed by atoms with Gasteiger partial charge in [-0.3, -0.25) is 4.79 Å². The van der Waals surface area contributed by atoms with Gasteiger partial charge in [0.05, 0.1) is 0 Å². The Labute approximate surface area is 76.1 Å². The first-order valence-electron chi connectivity index (χ1n) is 4.39. The van der Waals surface area contributed by atoms with Gasteiger partial charge in [0.25, 0.3) is 5.91 Å². The molecule has 1 aliphatic heterocycles. The second kappa shape index (κ2) is 4.50. The van der Waals surface area contributed by atoms with Crippen molar-refractivity contribution in [3.05, 3.63) is 0 Å². The molecule has 1 amide bonds. The average molecular weight is 192 g/mol. The Morgan fingerprint density at radius 1 is 1.46 bits per heavy atom. The van der Waals surface area contributed by atoms with Crippen LogP contribution >= 0.6 is 0 Å². The summed E-state index contributed by atoms with van der Waals surface area (Å²) in [7, 11) is 1.84. The number of piperidine rings is 1. The summed E-state index contributed by atoms with van der Waals surface area (Å²) in [6.07, 6.45) is -1.34. The summed E-state index contributed by atoms with van der Waals surface area (Å²) >= 11 is 0. The maximum Gasteiger partial charge on any atom is 0.315 e. The Morgan fingerprint density at radius 3 is 2.38 bits per heavy atom. The minimum atomic E-state index is -2.86. The maximum atomic E-state index is 12.0. The summed E-state index contributed by atoms with van der Waals surface area (Å²) in [6, 6.07) is 0.363. The average Bonchev–Trinajstić information content (AvgIpc) is 2.17. The molecule has 0 aromatic carbocycles. The number of alkyl halides is 2. The molecule has 5 heteroatoms. The van der Waals surface area contributed by atoms with Crippen LogP contribution in [0.4, 0.5) is 8.78 Å². The van der Waals surface area contributed by atoms with Crippen LogP contribution in [-0.2, 0) is 4.79 Å². The third kappa shape index (κ3) is 2.62. The first-order chi connectivity index (χ1) is 6.15. The lowest BCUT2D eigenvalue weighted by atomic mass is 10.1. The van der Waals surface area contributed by atoms with Gasteiger partial charge >= 0.3 is 6.43 Å². The van der Waals surface area contributed by atoms with Crippen LogP contribution < -0.4 is 5.32 Å². The molecule has 0 aromatic heterocycles. The molecule has 1 aliphatic rings. The number of carbonyl (C=O) groups is 1. The standard InChI is InChI=1S/C8H14F2N2O/c1-11-6-2-4-12(5-3-6)8(13)7(9)10/h6-7,11H,2-5H2,1H3. The van der Waals surface area contributed by atoms with Crippen molar-refractivity contribution in [2.45, 2.75) is 25.3 Å². The third-order valence-corrected chi connectivity index (χ3v) is 2.40. The highest BCUT2D eigenvalue weighted by Gasteiger charge is 2.26. The van der Waals surface area contributed by atoms with Crippen LogP contribution in [0.2, 0.25) is 0 Å². The number of hydrogen-bond donors (Lipinski definition) is 1. The summed E-state index contributed by atoms with van der Waals surface area (Å²) in [5.41, 5.74) is 0. The van der Waals surface area contributed by atoms with Gasteiger partial charge in [-0.25, -0.2) is 0 Å². The summed E-state index contributed by atoms with van der Waals surface area (Å²) in [4.78, 5) is 12.1. The van der Waals surface area contributed by atoms with Gasteiger partial charge in [0, 0.05) is 19.1 Å². The lowest BCUT2D eigenvalue weighted by Gasteiger charge is -2.31. The topological polar surface area (TPSA) is 32.3 Å². The van der Waals surface area contributed by atoms with Crippen LogP contribution in [0.25, 0.3) is 0 Å². The molecule has 1 saturated heterocycles. The highest BCUT2D eigenvalue weighted by atomic mass is 19.3. The number of hydrogen-bond acceptors (Lipinski definition) is 2. The molecule has 0 aliphatic carbocycles. The molecule has 3 nitrogen and oxygen atoms in total. The van der Waals surface area contributed by atoms with Crippen LogP contribution in [-0.4, -0.2) is 43.4 Å². The van der Waals surface area contributed by atoms with Crippen molar-refractivity contribution in [3.63, 3.8) is 0 Å². The second-order valence-corrected chi connectivity index (χ2v) is 3.19. The fraction of sp³-hybridized carbons (Fsp3) is 0.875. The largest absolute Gasteiger partial charge is 0.338 e. The van der Waals surface area contributed by atoms with Gasteiger partial charge in [-0.05, 0) is 19.9 Å². The van der Waals surface area contributed by atoms with Gasteiger partial charge < -0.3 is 10.2 Å². The van der Waals surface area contributed by atoms with E-state index in [-0.39, 0.29) is 0 Å². The minimum Gasteiger partial charge on any atom is -0.338 e. The van der Waals surface area contributed by atoms with E-state index < -0.39 is 12.3 Å². The van der Waals surface area contributed by atoms with Crippen molar-refractivity contribution in [1.29, 1.82) is 0 Å². The molecule has 0 saturated carbocycles. The van der Waals surface area contributed by atoms with Crippen LogP contribution in [0, 0.1) is 0 Å². The second-order valence-electron chi connectivity index (χ2n) is 3.19. The monoisotopic (exact) mass is 192 g/mol. The lowest BCUT2D eigenvalue weighted by Crippen LogP contribution is -2.45. The molecule has 0 bridgehead atoms. The number of amides is 1. The van der Waals surface area contributed by atoms with Crippen LogP contribution in [0.15, 0.2) is 0 Å². The fourth-order valence-corrected chi connectivity index (χ4v) is 1.53. The quantitative estimate of drug-likeness (QED) is 0.689. The predicted molar refractivity (Wildman–Crippen MR) is 44.7 cm³/mol. The van der Waals surface area contributed by atoms with Gasteiger partial charge in [0.2, 0.25) is 0 Å². The van der Waals surface area contributed by atoms with E-state index in [1.54, 1.807) is 0 Å². The molecule has 0 spiro atoms. The first kappa shape index (κ1) is 10.4. The highest BCUT2D eigenvalue weighted by molar-refractivity contribution is 5.79. The third-order valence-electron chi connectivity index (χ3n) is 2.40. The smallest absolute Gasteiger partial charge is 0.315 e. The van der Waals surface area contributed by atoms with Gasteiger partial charge in [0.1, 0.15) is 0 Å². The van der Waals surface area contributed by atoms with Crippen molar-refractivity contribution in [2.24, 2.45) is 0 Å². The van der Waals surface area contributed by atoms with Gasteiger partial charge in [-0.1, -0.05) is 0 Å². The zero-order valence-electron chi connectivity index (χ0n) is 7.59. The molecule has 1 N–H and O–H groups in total. The van der Waals surface area contributed by atoms with Gasteiger partial charge in [-0.2, -0.15) is 8.78 Å². The molecule has 0 radical (unpaired) electrons. The van der Waals surface area contributed by atoms with Crippen molar-refractivity contribution < 1.29 is 13.6 Å². The number of halogens is 2. The molecule has 0 atom stereocenters. The van der Waals surface area contributed by atoms with Crippen molar-refractivity contribution in [3.8, 4) is 0 Å². The Morgan fingerprint density at radius 2 is 2.00 bits per heavy atom. The van der Waals surface area contributed by atoms with Gasteiger partial charge in [0.15, 0.2) is 0 Å². The highest BCUT2D eigenvalue weighted by Crippen LogP contribution is 2.12. The summed E-state index contributed by atoms with van der Waals surface area (Å²) < 4.78 is 24.0. The molecule has 13 heavy (non-hydrogen) atoms. The zero-order chi connectivity index (χ0) is 9.84. The van der Waals surface area contributed by atoms with E-state index in [1.807, 2.05) is 7.05 Å². The van der Waals surface area contributed by atoms with E-state index in [1.165, 1.54) is 4.90 Å². The van der Waals surface area contributed by atoms with Crippen LogP contribution in [0.3, 0.4) is 0 Å². The molecular formula is C8H14F2N2O. The molecule has 1 fully saturated rings.